The molecule has 0 fully saturated rings. The molecular formula is C19H23BrN2O2. The van der Waals surface area contributed by atoms with E-state index in [0.29, 0.717) is 19.7 Å². The van der Waals surface area contributed by atoms with Crippen molar-refractivity contribution in [3.8, 4) is 5.75 Å². The lowest BCUT2D eigenvalue weighted by Crippen LogP contribution is -2.33. The highest BCUT2D eigenvalue weighted by Gasteiger charge is 2.10. The van der Waals surface area contributed by atoms with Crippen LogP contribution in [0.25, 0.3) is 0 Å². The Balaban J connectivity index is 1.76. The third-order valence-corrected chi connectivity index (χ3v) is 4.24. The summed E-state index contributed by atoms with van der Waals surface area (Å²) in [5, 5.41) is 3.00. The lowest BCUT2D eigenvalue weighted by Gasteiger charge is -2.18. The Kier molecular flexibility index (Phi) is 6.82. The van der Waals surface area contributed by atoms with Crippen molar-refractivity contribution in [1.82, 2.24) is 4.90 Å². The number of carbonyl (C=O) groups is 1. The zero-order valence-electron chi connectivity index (χ0n) is 14.3. The average molecular weight is 391 g/mol. The summed E-state index contributed by atoms with van der Waals surface area (Å²) in [5.41, 5.74) is 3.05. The standard InChI is InChI=1S/C19H23BrN2O2/c1-14-5-4-6-15(2)19(14)21-18(23)13-22(3)11-12-24-17-9-7-16(20)8-10-17/h4-10H,11-13H2,1-3H3,(H,21,23). The summed E-state index contributed by atoms with van der Waals surface area (Å²) in [7, 11) is 1.91. The lowest BCUT2D eigenvalue weighted by molar-refractivity contribution is -0.117. The second-order valence-corrected chi connectivity index (χ2v) is 6.77. The third-order valence-electron chi connectivity index (χ3n) is 3.71. The summed E-state index contributed by atoms with van der Waals surface area (Å²) in [5.74, 6) is 0.810. The first-order valence-corrected chi connectivity index (χ1v) is 8.68. The molecule has 2 rings (SSSR count). The molecule has 0 radical (unpaired) electrons. The highest BCUT2D eigenvalue weighted by Crippen LogP contribution is 2.19. The fourth-order valence-electron chi connectivity index (χ4n) is 2.36. The maximum absolute atomic E-state index is 12.2. The molecule has 24 heavy (non-hydrogen) atoms. The normalized spacial score (nSPS) is 10.7. The number of hydrogen-bond donors (Lipinski definition) is 1. The molecule has 0 aliphatic rings. The zero-order chi connectivity index (χ0) is 17.5. The second-order valence-electron chi connectivity index (χ2n) is 5.86. The number of carbonyl (C=O) groups excluding carboxylic acids is 1. The first kappa shape index (κ1) is 18.5. The molecule has 128 valence electrons. The first-order valence-electron chi connectivity index (χ1n) is 7.88. The smallest absolute Gasteiger partial charge is 0.238 e. The Labute approximate surface area is 151 Å². The van der Waals surface area contributed by atoms with Gasteiger partial charge in [0.15, 0.2) is 0 Å². The van der Waals surface area contributed by atoms with Gasteiger partial charge in [0.2, 0.25) is 5.91 Å². The molecule has 0 aliphatic carbocycles. The minimum Gasteiger partial charge on any atom is -0.492 e. The molecule has 0 heterocycles. The SMILES string of the molecule is Cc1cccc(C)c1NC(=O)CN(C)CCOc1ccc(Br)cc1. The molecule has 0 atom stereocenters. The fraction of sp³-hybridized carbons (Fsp3) is 0.316. The molecule has 4 nitrogen and oxygen atoms in total. The minimum absolute atomic E-state index is 0.0152. The van der Waals surface area contributed by atoms with Gasteiger partial charge in [-0.15, -0.1) is 0 Å². The van der Waals surface area contributed by atoms with E-state index in [0.717, 1.165) is 27.0 Å². The molecule has 0 aliphatic heterocycles. The van der Waals surface area contributed by atoms with E-state index >= 15 is 0 Å². The summed E-state index contributed by atoms with van der Waals surface area (Å²) in [6, 6.07) is 13.7. The van der Waals surface area contributed by atoms with Crippen LogP contribution in [0.2, 0.25) is 0 Å². The van der Waals surface area contributed by atoms with Crippen molar-refractivity contribution in [2.75, 3.05) is 32.1 Å². The molecule has 0 aromatic heterocycles. The number of nitrogens with one attached hydrogen (secondary N) is 1. The number of ether oxygens (including phenoxy) is 1. The number of rotatable bonds is 7. The van der Waals surface area contributed by atoms with Crippen LogP contribution in [0.4, 0.5) is 5.69 Å². The summed E-state index contributed by atoms with van der Waals surface area (Å²) in [4.78, 5) is 14.1. The van der Waals surface area contributed by atoms with Crippen LogP contribution in [-0.4, -0.2) is 37.6 Å². The molecular weight excluding hydrogens is 368 g/mol. The number of amides is 1. The Morgan fingerprint density at radius 1 is 1.12 bits per heavy atom. The van der Waals surface area contributed by atoms with Crippen molar-refractivity contribution in [2.24, 2.45) is 0 Å². The third kappa shape index (κ3) is 5.65. The Morgan fingerprint density at radius 2 is 1.75 bits per heavy atom. The van der Waals surface area contributed by atoms with Crippen LogP contribution < -0.4 is 10.1 Å². The molecule has 0 saturated carbocycles. The summed E-state index contributed by atoms with van der Waals surface area (Å²) in [6.45, 7) is 5.54. The van der Waals surface area contributed by atoms with Crippen molar-refractivity contribution < 1.29 is 9.53 Å². The van der Waals surface area contributed by atoms with Crippen LogP contribution in [-0.2, 0) is 4.79 Å². The van der Waals surface area contributed by atoms with Crippen molar-refractivity contribution >= 4 is 27.5 Å². The topological polar surface area (TPSA) is 41.6 Å². The van der Waals surface area contributed by atoms with Gasteiger partial charge in [0.25, 0.3) is 0 Å². The highest BCUT2D eigenvalue weighted by molar-refractivity contribution is 9.10. The highest BCUT2D eigenvalue weighted by atomic mass is 79.9. The van der Waals surface area contributed by atoms with Crippen molar-refractivity contribution in [3.05, 3.63) is 58.1 Å². The molecule has 5 heteroatoms. The monoisotopic (exact) mass is 390 g/mol. The first-order chi connectivity index (χ1) is 11.5. The van der Waals surface area contributed by atoms with E-state index in [-0.39, 0.29) is 5.91 Å². The number of para-hydroxylation sites is 1. The van der Waals surface area contributed by atoms with Crippen LogP contribution in [0.1, 0.15) is 11.1 Å². The van der Waals surface area contributed by atoms with Crippen LogP contribution in [0.5, 0.6) is 5.75 Å². The van der Waals surface area contributed by atoms with Gasteiger partial charge in [-0.25, -0.2) is 0 Å². The number of aryl methyl sites for hydroxylation is 2. The fourth-order valence-corrected chi connectivity index (χ4v) is 2.63. The number of likely N-dealkylation sites (N-methyl/N-ethyl adjacent to an activating group) is 1. The van der Waals surface area contributed by atoms with Gasteiger partial charge in [-0.3, -0.25) is 9.69 Å². The van der Waals surface area contributed by atoms with E-state index < -0.39 is 0 Å². The Bertz CT molecular complexity index is 666. The van der Waals surface area contributed by atoms with Gasteiger partial charge in [0.05, 0.1) is 6.54 Å². The van der Waals surface area contributed by atoms with Gasteiger partial charge in [-0.05, 0) is 56.3 Å². The molecule has 0 unspecified atom stereocenters. The zero-order valence-corrected chi connectivity index (χ0v) is 15.9. The average Bonchev–Trinajstić information content (AvgIpc) is 2.53. The van der Waals surface area contributed by atoms with Gasteiger partial charge < -0.3 is 10.1 Å². The van der Waals surface area contributed by atoms with E-state index in [9.17, 15) is 4.79 Å². The second kappa shape index (κ2) is 8.85. The van der Waals surface area contributed by atoms with E-state index in [1.807, 2.05) is 68.3 Å². The summed E-state index contributed by atoms with van der Waals surface area (Å²) in [6.07, 6.45) is 0. The van der Waals surface area contributed by atoms with Crippen molar-refractivity contribution in [2.45, 2.75) is 13.8 Å². The Hall–Kier alpha value is -1.85. The van der Waals surface area contributed by atoms with E-state index in [4.69, 9.17) is 4.74 Å². The molecule has 1 amide bonds. The summed E-state index contributed by atoms with van der Waals surface area (Å²) >= 11 is 3.39. The van der Waals surface area contributed by atoms with Gasteiger partial charge in [0.1, 0.15) is 12.4 Å². The molecule has 1 N–H and O–H groups in total. The number of hydrogen-bond acceptors (Lipinski definition) is 3. The molecule has 2 aromatic rings. The molecule has 0 bridgehead atoms. The van der Waals surface area contributed by atoms with Crippen molar-refractivity contribution in [1.29, 1.82) is 0 Å². The summed E-state index contributed by atoms with van der Waals surface area (Å²) < 4.78 is 6.70. The van der Waals surface area contributed by atoms with Crippen LogP contribution in [0, 0.1) is 13.8 Å². The maximum Gasteiger partial charge on any atom is 0.238 e. The number of anilines is 1. The lowest BCUT2D eigenvalue weighted by atomic mass is 10.1. The molecule has 2 aromatic carbocycles. The largest absolute Gasteiger partial charge is 0.492 e. The van der Waals surface area contributed by atoms with Gasteiger partial charge >= 0.3 is 0 Å². The van der Waals surface area contributed by atoms with E-state index in [2.05, 4.69) is 21.2 Å². The van der Waals surface area contributed by atoms with Gasteiger partial charge in [-0.2, -0.15) is 0 Å². The minimum atomic E-state index is -0.0152. The van der Waals surface area contributed by atoms with Crippen LogP contribution in [0.15, 0.2) is 46.9 Å². The van der Waals surface area contributed by atoms with E-state index in [1.165, 1.54) is 0 Å². The Morgan fingerprint density at radius 3 is 2.38 bits per heavy atom. The number of halogens is 1. The van der Waals surface area contributed by atoms with Crippen LogP contribution >= 0.6 is 15.9 Å². The van der Waals surface area contributed by atoms with E-state index in [1.54, 1.807) is 0 Å². The van der Waals surface area contributed by atoms with Crippen molar-refractivity contribution in [3.63, 3.8) is 0 Å². The quantitative estimate of drug-likeness (QED) is 0.776. The predicted octanol–water partition coefficient (Wildman–Crippen LogP) is 4.02. The molecule has 0 saturated heterocycles. The maximum atomic E-state index is 12.2. The molecule has 0 spiro atoms. The number of nitrogens with zero attached hydrogens (tertiary/aromatic N) is 1. The predicted molar refractivity (Wildman–Crippen MR) is 102 cm³/mol. The van der Waals surface area contributed by atoms with Crippen LogP contribution in [0.3, 0.4) is 0 Å². The van der Waals surface area contributed by atoms with Gasteiger partial charge in [-0.1, -0.05) is 34.1 Å². The number of benzene rings is 2. The van der Waals surface area contributed by atoms with Gasteiger partial charge in [0, 0.05) is 16.7 Å².